The number of phenolic OH excluding ortho intramolecular Hbond substituents is 1. The molecular weight excluding hydrogens is 200 g/mol. The Bertz CT molecular complexity index is 500. The zero-order chi connectivity index (χ0) is 11.0. The van der Waals surface area contributed by atoms with Gasteiger partial charge in [0.1, 0.15) is 5.75 Å². The number of fused-ring (bicyclic) bond motifs is 1. The SMILES string of the molecule is Oc1cccc2[nH]cc(CNC3CCC3)c12. The minimum Gasteiger partial charge on any atom is -0.507 e. The highest BCUT2D eigenvalue weighted by molar-refractivity contribution is 5.88. The zero-order valence-corrected chi connectivity index (χ0v) is 9.16. The zero-order valence-electron chi connectivity index (χ0n) is 9.16. The molecule has 84 valence electrons. The fourth-order valence-electron chi connectivity index (χ4n) is 2.24. The molecule has 1 aromatic heterocycles. The van der Waals surface area contributed by atoms with Crippen molar-refractivity contribution in [2.45, 2.75) is 31.8 Å². The number of rotatable bonds is 3. The van der Waals surface area contributed by atoms with Crippen molar-refractivity contribution in [1.82, 2.24) is 10.3 Å². The van der Waals surface area contributed by atoms with Crippen LogP contribution in [0.4, 0.5) is 0 Å². The molecule has 1 aliphatic carbocycles. The number of H-pyrrole nitrogens is 1. The lowest BCUT2D eigenvalue weighted by Gasteiger charge is -2.26. The summed E-state index contributed by atoms with van der Waals surface area (Å²) in [6.45, 7) is 0.836. The second kappa shape index (κ2) is 3.83. The monoisotopic (exact) mass is 216 g/mol. The Kier molecular flexibility index (Phi) is 2.33. The van der Waals surface area contributed by atoms with Crippen LogP contribution in [0.25, 0.3) is 10.9 Å². The summed E-state index contributed by atoms with van der Waals surface area (Å²) in [6.07, 6.45) is 5.90. The first kappa shape index (κ1) is 9.73. The summed E-state index contributed by atoms with van der Waals surface area (Å²) in [5.74, 6) is 0.365. The van der Waals surface area contributed by atoms with Gasteiger partial charge >= 0.3 is 0 Å². The lowest BCUT2D eigenvalue weighted by atomic mass is 9.93. The number of hydrogen-bond donors (Lipinski definition) is 3. The number of hydrogen-bond acceptors (Lipinski definition) is 2. The fraction of sp³-hybridized carbons (Fsp3) is 0.385. The third-order valence-electron chi connectivity index (χ3n) is 3.45. The Hall–Kier alpha value is -1.48. The summed E-state index contributed by atoms with van der Waals surface area (Å²) in [5.41, 5.74) is 2.16. The smallest absolute Gasteiger partial charge is 0.125 e. The number of phenols is 1. The van der Waals surface area contributed by atoms with Gasteiger partial charge in [-0.3, -0.25) is 0 Å². The van der Waals surface area contributed by atoms with Crippen LogP contribution in [0.15, 0.2) is 24.4 Å². The quantitative estimate of drug-likeness (QED) is 0.738. The largest absolute Gasteiger partial charge is 0.507 e. The Balaban J connectivity index is 1.85. The first-order valence-corrected chi connectivity index (χ1v) is 5.86. The molecule has 0 atom stereocenters. The first-order valence-electron chi connectivity index (χ1n) is 5.86. The van der Waals surface area contributed by atoms with Crippen molar-refractivity contribution in [3.8, 4) is 5.75 Å². The van der Waals surface area contributed by atoms with Gasteiger partial charge in [-0.15, -0.1) is 0 Å². The highest BCUT2D eigenvalue weighted by atomic mass is 16.3. The molecule has 0 unspecified atom stereocenters. The lowest BCUT2D eigenvalue weighted by Crippen LogP contribution is -2.34. The molecule has 1 aromatic carbocycles. The van der Waals surface area contributed by atoms with Crippen molar-refractivity contribution >= 4 is 10.9 Å². The molecule has 0 aliphatic heterocycles. The molecule has 0 radical (unpaired) electrons. The highest BCUT2D eigenvalue weighted by Crippen LogP contribution is 2.28. The average Bonchev–Trinajstić information content (AvgIpc) is 2.61. The van der Waals surface area contributed by atoms with Gasteiger partial charge in [0.05, 0.1) is 0 Å². The Morgan fingerprint density at radius 2 is 2.25 bits per heavy atom. The van der Waals surface area contributed by atoms with E-state index < -0.39 is 0 Å². The summed E-state index contributed by atoms with van der Waals surface area (Å²) in [7, 11) is 0. The van der Waals surface area contributed by atoms with Crippen molar-refractivity contribution in [3.63, 3.8) is 0 Å². The number of aromatic hydroxyl groups is 1. The normalized spacial score (nSPS) is 16.5. The van der Waals surface area contributed by atoms with E-state index in [0.29, 0.717) is 11.8 Å². The predicted octanol–water partition coefficient (Wildman–Crippen LogP) is 2.52. The summed E-state index contributed by atoms with van der Waals surface area (Å²) in [6, 6.07) is 6.26. The van der Waals surface area contributed by atoms with E-state index in [2.05, 4.69) is 10.3 Å². The van der Waals surface area contributed by atoms with Gasteiger partial charge in [-0.05, 0) is 30.5 Å². The van der Waals surface area contributed by atoms with Crippen molar-refractivity contribution in [2.24, 2.45) is 0 Å². The summed E-state index contributed by atoms with van der Waals surface area (Å²) in [4.78, 5) is 3.19. The molecule has 3 nitrogen and oxygen atoms in total. The molecule has 3 rings (SSSR count). The van der Waals surface area contributed by atoms with Crippen LogP contribution in [0.5, 0.6) is 5.75 Å². The average molecular weight is 216 g/mol. The maximum atomic E-state index is 9.83. The van der Waals surface area contributed by atoms with E-state index >= 15 is 0 Å². The molecule has 0 spiro atoms. The topological polar surface area (TPSA) is 48.0 Å². The second-order valence-corrected chi connectivity index (χ2v) is 4.52. The van der Waals surface area contributed by atoms with Crippen LogP contribution in [0.1, 0.15) is 24.8 Å². The summed E-state index contributed by atoms with van der Waals surface area (Å²) in [5, 5.41) is 14.3. The van der Waals surface area contributed by atoms with Gasteiger partial charge in [-0.25, -0.2) is 0 Å². The van der Waals surface area contributed by atoms with Gasteiger partial charge < -0.3 is 15.4 Å². The van der Waals surface area contributed by atoms with Gasteiger partial charge in [0.15, 0.2) is 0 Å². The van der Waals surface area contributed by atoms with Crippen molar-refractivity contribution in [3.05, 3.63) is 30.0 Å². The predicted molar refractivity (Wildman–Crippen MR) is 64.4 cm³/mol. The number of aromatic amines is 1. The van der Waals surface area contributed by atoms with Crippen LogP contribution in [-0.4, -0.2) is 16.1 Å². The minimum atomic E-state index is 0.365. The Morgan fingerprint density at radius 3 is 3.00 bits per heavy atom. The molecular formula is C13H16N2O. The van der Waals surface area contributed by atoms with Crippen LogP contribution >= 0.6 is 0 Å². The number of benzene rings is 1. The molecule has 2 aromatic rings. The third kappa shape index (κ3) is 1.57. The van der Waals surface area contributed by atoms with E-state index in [-0.39, 0.29) is 0 Å². The maximum absolute atomic E-state index is 9.83. The molecule has 0 bridgehead atoms. The molecule has 0 amide bonds. The van der Waals surface area contributed by atoms with Crippen LogP contribution in [0.2, 0.25) is 0 Å². The van der Waals surface area contributed by atoms with Gasteiger partial charge in [-0.1, -0.05) is 12.5 Å². The van der Waals surface area contributed by atoms with Gasteiger partial charge in [0.2, 0.25) is 0 Å². The fourth-order valence-corrected chi connectivity index (χ4v) is 2.24. The molecule has 1 saturated carbocycles. The molecule has 3 heteroatoms. The van der Waals surface area contributed by atoms with E-state index in [4.69, 9.17) is 0 Å². The van der Waals surface area contributed by atoms with E-state index in [9.17, 15) is 5.11 Å². The molecule has 0 saturated heterocycles. The van der Waals surface area contributed by atoms with E-state index in [1.807, 2.05) is 18.3 Å². The van der Waals surface area contributed by atoms with Crippen molar-refractivity contribution < 1.29 is 5.11 Å². The lowest BCUT2D eigenvalue weighted by molar-refractivity contribution is 0.338. The Labute approximate surface area is 94.5 Å². The molecule has 1 heterocycles. The van der Waals surface area contributed by atoms with Crippen LogP contribution in [0.3, 0.4) is 0 Å². The van der Waals surface area contributed by atoms with Gasteiger partial charge in [-0.2, -0.15) is 0 Å². The highest BCUT2D eigenvalue weighted by Gasteiger charge is 2.17. The molecule has 1 aliphatic rings. The first-order chi connectivity index (χ1) is 7.84. The van der Waals surface area contributed by atoms with E-state index in [1.54, 1.807) is 6.07 Å². The molecule has 3 N–H and O–H groups in total. The van der Waals surface area contributed by atoms with E-state index in [0.717, 1.165) is 23.0 Å². The van der Waals surface area contributed by atoms with Crippen LogP contribution in [-0.2, 0) is 6.54 Å². The van der Waals surface area contributed by atoms with Crippen LogP contribution < -0.4 is 5.32 Å². The van der Waals surface area contributed by atoms with E-state index in [1.165, 1.54) is 19.3 Å². The minimum absolute atomic E-state index is 0.365. The third-order valence-corrected chi connectivity index (χ3v) is 3.45. The standard InChI is InChI=1S/C13H16N2O/c16-12-6-2-5-11-13(12)9(8-15-11)7-14-10-3-1-4-10/h2,5-6,8,10,14-16H,1,3-4,7H2. The molecule has 1 fully saturated rings. The Morgan fingerprint density at radius 1 is 1.38 bits per heavy atom. The van der Waals surface area contributed by atoms with Crippen molar-refractivity contribution in [2.75, 3.05) is 0 Å². The second-order valence-electron chi connectivity index (χ2n) is 4.52. The van der Waals surface area contributed by atoms with Crippen LogP contribution in [0, 0.1) is 0 Å². The van der Waals surface area contributed by atoms with Gasteiger partial charge in [0, 0.05) is 29.7 Å². The van der Waals surface area contributed by atoms with Gasteiger partial charge in [0.25, 0.3) is 0 Å². The van der Waals surface area contributed by atoms with Crippen molar-refractivity contribution in [1.29, 1.82) is 0 Å². The maximum Gasteiger partial charge on any atom is 0.125 e. The summed E-state index contributed by atoms with van der Waals surface area (Å²) >= 11 is 0. The molecule has 16 heavy (non-hydrogen) atoms. The summed E-state index contributed by atoms with van der Waals surface area (Å²) < 4.78 is 0. The number of aromatic nitrogens is 1. The number of nitrogens with one attached hydrogen (secondary N) is 2.